The first kappa shape index (κ1) is 22.4. The summed E-state index contributed by atoms with van der Waals surface area (Å²) in [6, 6.07) is 6.67. The van der Waals surface area contributed by atoms with Gasteiger partial charge in [0.2, 0.25) is 0 Å². The van der Waals surface area contributed by atoms with E-state index in [9.17, 15) is 0 Å². The number of hydrogen-bond acceptors (Lipinski definition) is 3. The second kappa shape index (κ2) is 7.46. The molecule has 0 aliphatic heterocycles. The first-order chi connectivity index (χ1) is 16.1. The smallest absolute Gasteiger partial charge is 0.153 e. The van der Waals surface area contributed by atoms with Gasteiger partial charge < -0.3 is 10.5 Å². The number of nitrogen functional groups attached to an aromatic ring is 1. The molecule has 6 atom stereocenters. The Morgan fingerprint density at radius 3 is 2.62 bits per heavy atom. The van der Waals surface area contributed by atoms with Gasteiger partial charge in [-0.3, -0.25) is 5.10 Å². The van der Waals surface area contributed by atoms with Gasteiger partial charge in [-0.15, -0.1) is 0 Å². The van der Waals surface area contributed by atoms with E-state index >= 15 is 0 Å². The van der Waals surface area contributed by atoms with E-state index in [-0.39, 0.29) is 11.0 Å². The number of nitrogens with two attached hydrogens (primary N) is 1. The predicted molar refractivity (Wildman–Crippen MR) is 140 cm³/mol. The van der Waals surface area contributed by atoms with E-state index in [2.05, 4.69) is 75.2 Å². The monoisotopic (exact) mass is 459 g/mol. The van der Waals surface area contributed by atoms with Gasteiger partial charge in [-0.1, -0.05) is 37.6 Å². The highest BCUT2D eigenvalue weighted by Crippen LogP contribution is 2.66. The lowest BCUT2D eigenvalue weighted by molar-refractivity contribution is -0.0894. The predicted octanol–water partition coefficient (Wildman–Crippen LogP) is 7.28. The van der Waals surface area contributed by atoms with Crippen LogP contribution in [0.1, 0.15) is 85.1 Å². The quantitative estimate of drug-likeness (QED) is 0.464. The first-order valence-electron chi connectivity index (χ1n) is 13.4. The van der Waals surface area contributed by atoms with Crippen LogP contribution in [-0.4, -0.2) is 21.9 Å². The summed E-state index contributed by atoms with van der Waals surface area (Å²) in [5.41, 5.74) is 12.2. The van der Waals surface area contributed by atoms with Gasteiger partial charge in [0, 0.05) is 5.39 Å². The number of benzene rings is 1. The average Bonchev–Trinajstić information content (AvgIpc) is 3.32. The molecular formula is C30H41N3O. The molecule has 2 aromatic rings. The summed E-state index contributed by atoms with van der Waals surface area (Å²) in [5.74, 6) is 2.92. The van der Waals surface area contributed by atoms with Crippen LogP contribution in [0.15, 0.2) is 35.9 Å². The van der Waals surface area contributed by atoms with E-state index < -0.39 is 0 Å². The summed E-state index contributed by atoms with van der Waals surface area (Å²) in [6.45, 7) is 11.7. The second-order valence-corrected chi connectivity index (χ2v) is 13.0. The van der Waals surface area contributed by atoms with Crippen molar-refractivity contribution < 1.29 is 4.74 Å². The van der Waals surface area contributed by atoms with Crippen molar-refractivity contribution in [1.82, 2.24) is 10.2 Å². The van der Waals surface area contributed by atoms with E-state index in [0.717, 1.165) is 35.1 Å². The Bertz CT molecular complexity index is 1180. The van der Waals surface area contributed by atoms with Gasteiger partial charge in [0.05, 0.1) is 17.2 Å². The maximum atomic E-state index is 6.43. The first-order valence-corrected chi connectivity index (χ1v) is 13.4. The van der Waals surface area contributed by atoms with Crippen molar-refractivity contribution in [2.45, 2.75) is 91.3 Å². The molecule has 34 heavy (non-hydrogen) atoms. The molecule has 182 valence electrons. The number of H-pyrrole nitrogens is 1. The molecule has 0 spiro atoms. The molecule has 1 heterocycles. The summed E-state index contributed by atoms with van der Waals surface area (Å²) in [7, 11) is 0. The number of aromatic amines is 1. The molecule has 0 bridgehead atoms. The molecule has 0 unspecified atom stereocenters. The Labute approximate surface area is 204 Å². The number of fused-ring (bicyclic) bond motifs is 6. The molecule has 4 heteroatoms. The van der Waals surface area contributed by atoms with Crippen molar-refractivity contribution in [1.29, 1.82) is 0 Å². The van der Waals surface area contributed by atoms with E-state index in [1.54, 1.807) is 11.1 Å². The standard InChI is InChI=1S/C30H41N3O/c1-28(2,3)34-20-12-14-29(4)19(17-20)7-9-21-24-11-10-23(30(24,5)15-13-25(21)29)18-6-8-22-26(16-18)32-33-27(22)31/h6-8,10,16,20-21,24-25H,9,11-15,17H2,1-5H3,(H3,31,32,33)/t20-,21-,24-,25-,29-,30+/m0/s1. The summed E-state index contributed by atoms with van der Waals surface area (Å²) in [5, 5.41) is 8.34. The van der Waals surface area contributed by atoms with Gasteiger partial charge in [-0.2, -0.15) is 5.10 Å². The van der Waals surface area contributed by atoms with Crippen LogP contribution >= 0.6 is 0 Å². The lowest BCUT2D eigenvalue weighted by atomic mass is 9.47. The molecule has 2 saturated carbocycles. The van der Waals surface area contributed by atoms with E-state index in [4.69, 9.17) is 10.5 Å². The van der Waals surface area contributed by atoms with Gasteiger partial charge >= 0.3 is 0 Å². The zero-order valence-electron chi connectivity index (χ0n) is 21.6. The summed E-state index contributed by atoms with van der Waals surface area (Å²) < 4.78 is 6.43. The molecule has 4 nitrogen and oxygen atoms in total. The number of nitrogens with zero attached hydrogens (tertiary/aromatic N) is 1. The Morgan fingerprint density at radius 2 is 1.82 bits per heavy atom. The summed E-state index contributed by atoms with van der Waals surface area (Å²) >= 11 is 0. The highest BCUT2D eigenvalue weighted by atomic mass is 16.5. The lowest BCUT2D eigenvalue weighted by Crippen LogP contribution is -2.50. The topological polar surface area (TPSA) is 63.9 Å². The molecule has 0 saturated heterocycles. The Kier molecular flexibility index (Phi) is 4.92. The van der Waals surface area contributed by atoms with Crippen LogP contribution in [0.4, 0.5) is 5.82 Å². The summed E-state index contributed by atoms with van der Waals surface area (Å²) in [6.07, 6.45) is 14.3. The molecule has 1 aromatic heterocycles. The molecule has 6 rings (SSSR count). The Hall–Kier alpha value is -2.07. The molecule has 0 amide bonds. The zero-order chi connectivity index (χ0) is 23.9. The Balaban J connectivity index is 1.26. The third kappa shape index (κ3) is 3.31. The maximum absolute atomic E-state index is 6.43. The zero-order valence-corrected chi connectivity index (χ0v) is 21.6. The molecule has 0 radical (unpaired) electrons. The van der Waals surface area contributed by atoms with Crippen LogP contribution in [0.5, 0.6) is 0 Å². The van der Waals surface area contributed by atoms with Crippen LogP contribution in [0.2, 0.25) is 0 Å². The van der Waals surface area contributed by atoms with Crippen LogP contribution in [0.3, 0.4) is 0 Å². The lowest BCUT2D eigenvalue weighted by Gasteiger charge is -2.58. The molecule has 4 aliphatic carbocycles. The normalized spacial score (nSPS) is 37.6. The van der Waals surface area contributed by atoms with E-state index in [1.165, 1.54) is 44.1 Å². The fourth-order valence-corrected chi connectivity index (χ4v) is 8.45. The van der Waals surface area contributed by atoms with Gasteiger partial charge in [-0.25, -0.2) is 0 Å². The SMILES string of the molecule is CC(C)(C)O[C@H]1CC[C@@]2(C)C(=CC[C@@H]3[C@@H]2CC[C@]2(C)C(c4ccc5c(N)n[nH]c5c4)=CC[C@@H]32)C1. The fraction of sp³-hybridized carbons (Fsp3) is 0.633. The number of ether oxygens (including phenoxy) is 1. The fourth-order valence-electron chi connectivity index (χ4n) is 8.45. The molecule has 2 fully saturated rings. The minimum absolute atomic E-state index is 0.0559. The van der Waals surface area contributed by atoms with Crippen molar-refractivity contribution in [2.75, 3.05) is 5.73 Å². The second-order valence-electron chi connectivity index (χ2n) is 13.0. The largest absolute Gasteiger partial charge is 0.382 e. The van der Waals surface area contributed by atoms with Gasteiger partial charge in [-0.05, 0) is 118 Å². The van der Waals surface area contributed by atoms with Crippen molar-refractivity contribution in [2.24, 2.45) is 28.6 Å². The van der Waals surface area contributed by atoms with Gasteiger partial charge in [0.25, 0.3) is 0 Å². The van der Waals surface area contributed by atoms with Crippen LogP contribution < -0.4 is 5.73 Å². The third-order valence-electron chi connectivity index (χ3n) is 10.1. The number of anilines is 1. The molecular weight excluding hydrogens is 418 g/mol. The molecule has 1 aromatic carbocycles. The average molecular weight is 460 g/mol. The number of aromatic nitrogens is 2. The van der Waals surface area contributed by atoms with Crippen LogP contribution in [0.25, 0.3) is 16.5 Å². The van der Waals surface area contributed by atoms with Crippen molar-refractivity contribution in [3.8, 4) is 0 Å². The maximum Gasteiger partial charge on any atom is 0.153 e. The minimum Gasteiger partial charge on any atom is -0.382 e. The van der Waals surface area contributed by atoms with Crippen molar-refractivity contribution in [3.05, 3.63) is 41.5 Å². The van der Waals surface area contributed by atoms with E-state index in [1.807, 2.05) is 0 Å². The van der Waals surface area contributed by atoms with Crippen molar-refractivity contribution >= 4 is 22.3 Å². The number of hydrogen-bond donors (Lipinski definition) is 2. The van der Waals surface area contributed by atoms with Gasteiger partial charge in [0.1, 0.15) is 0 Å². The van der Waals surface area contributed by atoms with E-state index in [0.29, 0.717) is 17.3 Å². The molecule has 4 aliphatic rings. The molecule has 3 N–H and O–H groups in total. The number of rotatable bonds is 2. The third-order valence-corrected chi connectivity index (χ3v) is 10.1. The highest BCUT2D eigenvalue weighted by Gasteiger charge is 2.57. The van der Waals surface area contributed by atoms with Crippen LogP contribution in [-0.2, 0) is 4.74 Å². The van der Waals surface area contributed by atoms with Crippen LogP contribution in [0, 0.1) is 28.6 Å². The minimum atomic E-state index is -0.0559. The number of nitrogens with one attached hydrogen (secondary N) is 1. The Morgan fingerprint density at radius 1 is 1.03 bits per heavy atom. The number of allylic oxidation sites excluding steroid dienone is 3. The highest BCUT2D eigenvalue weighted by molar-refractivity contribution is 5.91. The summed E-state index contributed by atoms with van der Waals surface area (Å²) in [4.78, 5) is 0. The van der Waals surface area contributed by atoms with Gasteiger partial charge in [0.15, 0.2) is 5.82 Å². The van der Waals surface area contributed by atoms with Crippen molar-refractivity contribution in [3.63, 3.8) is 0 Å².